The number of rotatable bonds is 5. The van der Waals surface area contributed by atoms with Crippen LogP contribution in [0.4, 0.5) is 19.0 Å². The van der Waals surface area contributed by atoms with Gasteiger partial charge in [0.15, 0.2) is 0 Å². The van der Waals surface area contributed by atoms with Crippen molar-refractivity contribution in [1.82, 2.24) is 9.78 Å². The first-order valence-electron chi connectivity index (χ1n) is 10.3. The van der Waals surface area contributed by atoms with Crippen molar-refractivity contribution in [3.05, 3.63) is 95.6 Å². The monoisotopic (exact) mass is 435 g/mol. The summed E-state index contributed by atoms with van der Waals surface area (Å²) in [5.74, 6) is 1.44. The van der Waals surface area contributed by atoms with E-state index in [0.29, 0.717) is 31.0 Å². The predicted octanol–water partition coefficient (Wildman–Crippen LogP) is 6.11. The van der Waals surface area contributed by atoms with Crippen molar-refractivity contribution in [3.63, 3.8) is 0 Å². The summed E-state index contributed by atoms with van der Waals surface area (Å²) in [6.07, 6.45) is -3.83. The summed E-state index contributed by atoms with van der Waals surface area (Å²) in [5, 5.41) is 7.85. The third kappa shape index (κ3) is 3.82. The summed E-state index contributed by atoms with van der Waals surface area (Å²) >= 11 is 0. The van der Waals surface area contributed by atoms with Gasteiger partial charge >= 0.3 is 6.18 Å². The van der Waals surface area contributed by atoms with Crippen LogP contribution in [0.5, 0.6) is 5.75 Å². The van der Waals surface area contributed by atoms with Crippen LogP contribution in [-0.2, 0) is 19.2 Å². The Hall–Kier alpha value is -3.74. The summed E-state index contributed by atoms with van der Waals surface area (Å²) in [6, 6.07) is 22.8. The van der Waals surface area contributed by atoms with E-state index in [1.165, 1.54) is 12.1 Å². The van der Waals surface area contributed by atoms with Crippen molar-refractivity contribution >= 4 is 5.82 Å². The van der Waals surface area contributed by atoms with E-state index >= 15 is 0 Å². The van der Waals surface area contributed by atoms with Crippen LogP contribution < -0.4 is 10.1 Å². The van der Waals surface area contributed by atoms with Gasteiger partial charge in [-0.3, -0.25) is 0 Å². The Morgan fingerprint density at radius 3 is 2.38 bits per heavy atom. The lowest BCUT2D eigenvalue weighted by Crippen LogP contribution is -2.08. The molecule has 0 bridgehead atoms. The number of nitrogens with one attached hydrogen (secondary N) is 1. The fourth-order valence-electron chi connectivity index (χ4n) is 3.94. The lowest BCUT2D eigenvalue weighted by atomic mass is 10.0. The number of benzene rings is 3. The zero-order chi connectivity index (χ0) is 22.1. The Kier molecular flexibility index (Phi) is 5.09. The quantitative estimate of drug-likeness (QED) is 0.411. The topological polar surface area (TPSA) is 39.1 Å². The first kappa shape index (κ1) is 20.2. The van der Waals surface area contributed by atoms with Gasteiger partial charge in [0.2, 0.25) is 0 Å². The standard InChI is InChI=1S/C25H20F3N3O/c26-25(27,28)22-9-5-4-8-20(22)23-21-14-15-29-24(21)31(30-23)18-10-12-19(13-11-18)32-16-17-6-2-1-3-7-17/h1-13,29H,14-16H2. The van der Waals surface area contributed by atoms with Crippen LogP contribution in [0.15, 0.2) is 78.9 Å². The van der Waals surface area contributed by atoms with Gasteiger partial charge in [-0.15, -0.1) is 0 Å². The van der Waals surface area contributed by atoms with Crippen LogP contribution in [0, 0.1) is 0 Å². The van der Waals surface area contributed by atoms with Crippen LogP contribution >= 0.6 is 0 Å². The Labute approximate surface area is 183 Å². The molecule has 0 saturated heterocycles. The van der Waals surface area contributed by atoms with Crippen LogP contribution in [0.3, 0.4) is 0 Å². The molecule has 1 aliphatic rings. The van der Waals surface area contributed by atoms with E-state index in [-0.39, 0.29) is 5.56 Å². The minimum absolute atomic E-state index is 0.0986. The Morgan fingerprint density at radius 2 is 1.62 bits per heavy atom. The minimum atomic E-state index is -4.45. The molecule has 1 aromatic heterocycles. The zero-order valence-electron chi connectivity index (χ0n) is 17.1. The highest BCUT2D eigenvalue weighted by molar-refractivity contribution is 5.75. The molecule has 1 aliphatic heterocycles. The molecule has 0 atom stereocenters. The molecule has 0 fully saturated rings. The number of ether oxygens (including phenoxy) is 1. The van der Waals surface area contributed by atoms with Gasteiger partial charge in [-0.25, -0.2) is 4.68 Å². The lowest BCUT2D eigenvalue weighted by molar-refractivity contribution is -0.137. The van der Waals surface area contributed by atoms with Gasteiger partial charge in [-0.1, -0.05) is 48.5 Å². The maximum atomic E-state index is 13.6. The molecule has 2 heterocycles. The molecule has 7 heteroatoms. The maximum absolute atomic E-state index is 13.6. The third-order valence-corrected chi connectivity index (χ3v) is 5.47. The molecule has 0 spiro atoms. The number of alkyl halides is 3. The Morgan fingerprint density at radius 1 is 0.906 bits per heavy atom. The molecule has 1 N–H and O–H groups in total. The van der Waals surface area contributed by atoms with Crippen LogP contribution in [0.2, 0.25) is 0 Å². The molecule has 0 radical (unpaired) electrons. The second kappa shape index (κ2) is 8.07. The number of hydrogen-bond acceptors (Lipinski definition) is 3. The van der Waals surface area contributed by atoms with Gasteiger partial charge in [0, 0.05) is 17.7 Å². The lowest BCUT2D eigenvalue weighted by Gasteiger charge is -2.12. The van der Waals surface area contributed by atoms with Crippen molar-refractivity contribution in [2.75, 3.05) is 11.9 Å². The van der Waals surface area contributed by atoms with Crippen molar-refractivity contribution < 1.29 is 17.9 Å². The largest absolute Gasteiger partial charge is 0.489 e. The molecular formula is C25H20F3N3O. The van der Waals surface area contributed by atoms with E-state index in [4.69, 9.17) is 4.74 Å². The van der Waals surface area contributed by atoms with E-state index < -0.39 is 11.7 Å². The summed E-state index contributed by atoms with van der Waals surface area (Å²) < 4.78 is 48.3. The third-order valence-electron chi connectivity index (χ3n) is 5.47. The maximum Gasteiger partial charge on any atom is 0.417 e. The number of fused-ring (bicyclic) bond motifs is 1. The van der Waals surface area contributed by atoms with Crippen LogP contribution in [0.25, 0.3) is 16.9 Å². The summed E-state index contributed by atoms with van der Waals surface area (Å²) in [5.41, 5.74) is 2.40. The van der Waals surface area contributed by atoms with Crippen LogP contribution in [-0.4, -0.2) is 16.3 Å². The van der Waals surface area contributed by atoms with Gasteiger partial charge in [-0.05, 0) is 42.3 Å². The van der Waals surface area contributed by atoms with Crippen LogP contribution in [0.1, 0.15) is 16.7 Å². The summed E-state index contributed by atoms with van der Waals surface area (Å²) in [6.45, 7) is 1.12. The second-order valence-corrected chi connectivity index (χ2v) is 7.58. The van der Waals surface area contributed by atoms with Crippen molar-refractivity contribution in [3.8, 4) is 22.7 Å². The van der Waals surface area contributed by atoms with Gasteiger partial charge in [-0.2, -0.15) is 18.3 Å². The predicted molar refractivity (Wildman–Crippen MR) is 117 cm³/mol. The molecular weight excluding hydrogens is 415 g/mol. The number of anilines is 1. The number of nitrogens with zero attached hydrogens (tertiary/aromatic N) is 2. The average Bonchev–Trinajstić information content (AvgIpc) is 3.41. The molecule has 3 aromatic carbocycles. The minimum Gasteiger partial charge on any atom is -0.489 e. The first-order valence-corrected chi connectivity index (χ1v) is 10.3. The van der Waals surface area contributed by atoms with E-state index in [9.17, 15) is 13.2 Å². The molecule has 0 amide bonds. The van der Waals surface area contributed by atoms with Gasteiger partial charge < -0.3 is 10.1 Å². The van der Waals surface area contributed by atoms with E-state index in [2.05, 4.69) is 10.4 Å². The molecule has 0 saturated carbocycles. The molecule has 162 valence electrons. The normalized spacial score (nSPS) is 13.0. The van der Waals surface area contributed by atoms with Gasteiger partial charge in [0.1, 0.15) is 18.2 Å². The number of halogens is 3. The second-order valence-electron chi connectivity index (χ2n) is 7.58. The first-order chi connectivity index (χ1) is 15.5. The molecule has 0 aliphatic carbocycles. The van der Waals surface area contributed by atoms with E-state index in [1.54, 1.807) is 10.7 Å². The van der Waals surface area contributed by atoms with Crippen molar-refractivity contribution in [2.24, 2.45) is 0 Å². The smallest absolute Gasteiger partial charge is 0.417 e. The zero-order valence-corrected chi connectivity index (χ0v) is 17.1. The molecule has 0 unspecified atom stereocenters. The SMILES string of the molecule is FC(F)(F)c1ccccc1-c1nn(-c2ccc(OCc3ccccc3)cc2)c2c1CCN2. The fourth-order valence-corrected chi connectivity index (χ4v) is 3.94. The van der Waals surface area contributed by atoms with Gasteiger partial charge in [0.05, 0.1) is 16.9 Å². The van der Waals surface area contributed by atoms with Crippen molar-refractivity contribution in [2.45, 2.75) is 19.2 Å². The molecule has 32 heavy (non-hydrogen) atoms. The van der Waals surface area contributed by atoms with E-state index in [1.807, 2.05) is 54.6 Å². The Bertz CT molecular complexity index is 1230. The van der Waals surface area contributed by atoms with Crippen molar-refractivity contribution in [1.29, 1.82) is 0 Å². The van der Waals surface area contributed by atoms with E-state index in [0.717, 1.165) is 28.7 Å². The average molecular weight is 435 g/mol. The highest BCUT2D eigenvalue weighted by atomic mass is 19.4. The molecule has 4 aromatic rings. The number of aromatic nitrogens is 2. The fraction of sp³-hybridized carbons (Fsp3) is 0.160. The molecule has 5 rings (SSSR count). The molecule has 4 nitrogen and oxygen atoms in total. The Balaban J connectivity index is 1.46. The summed E-state index contributed by atoms with van der Waals surface area (Å²) in [7, 11) is 0. The number of hydrogen-bond donors (Lipinski definition) is 1. The summed E-state index contributed by atoms with van der Waals surface area (Å²) in [4.78, 5) is 0. The van der Waals surface area contributed by atoms with Gasteiger partial charge in [0.25, 0.3) is 0 Å². The highest BCUT2D eigenvalue weighted by Crippen LogP contribution is 2.41. The highest BCUT2D eigenvalue weighted by Gasteiger charge is 2.35.